The Morgan fingerprint density at radius 3 is 2.09 bits per heavy atom. The number of hydrogen-bond acceptors (Lipinski definition) is 2. The van der Waals surface area contributed by atoms with E-state index in [4.69, 9.17) is 4.74 Å². The Morgan fingerprint density at radius 2 is 1.48 bits per heavy atom. The van der Waals surface area contributed by atoms with Gasteiger partial charge in [-0.05, 0) is 24.0 Å². The van der Waals surface area contributed by atoms with Crippen molar-refractivity contribution in [2.75, 3.05) is 13.1 Å². The van der Waals surface area contributed by atoms with Gasteiger partial charge >= 0.3 is 0 Å². The number of ether oxygens (including phenoxy) is 1. The van der Waals surface area contributed by atoms with E-state index in [1.165, 1.54) is 0 Å². The van der Waals surface area contributed by atoms with Gasteiger partial charge in [-0.2, -0.15) is 0 Å². The van der Waals surface area contributed by atoms with Crippen LogP contribution in [-0.4, -0.2) is 30.0 Å². The zero-order chi connectivity index (χ0) is 15.9. The Kier molecular flexibility index (Phi) is 5.43. The van der Waals surface area contributed by atoms with Crippen LogP contribution >= 0.6 is 0 Å². The molecule has 1 aliphatic rings. The van der Waals surface area contributed by atoms with Crippen LogP contribution in [0.25, 0.3) is 0 Å². The Labute approximate surface area is 137 Å². The van der Waals surface area contributed by atoms with Crippen LogP contribution in [0.15, 0.2) is 60.7 Å². The highest BCUT2D eigenvalue weighted by atomic mass is 16.5. The lowest BCUT2D eigenvalue weighted by atomic mass is 10.1. The lowest BCUT2D eigenvalue weighted by Gasteiger charge is -2.23. The highest BCUT2D eigenvalue weighted by molar-refractivity contribution is 5.81. The van der Waals surface area contributed by atoms with E-state index in [0.717, 1.165) is 37.1 Å². The molecule has 3 rings (SSSR count). The van der Waals surface area contributed by atoms with Gasteiger partial charge in [0.1, 0.15) is 6.10 Å². The van der Waals surface area contributed by atoms with Crippen molar-refractivity contribution in [3.63, 3.8) is 0 Å². The highest BCUT2D eigenvalue weighted by Crippen LogP contribution is 2.15. The molecule has 1 aliphatic heterocycles. The summed E-state index contributed by atoms with van der Waals surface area (Å²) < 4.78 is 6.02. The second-order valence-corrected chi connectivity index (χ2v) is 6.01. The number of benzene rings is 2. The second kappa shape index (κ2) is 7.93. The molecule has 1 saturated heterocycles. The van der Waals surface area contributed by atoms with E-state index in [1.807, 2.05) is 53.4 Å². The quantitative estimate of drug-likeness (QED) is 0.818. The maximum atomic E-state index is 12.8. The number of rotatable bonds is 6. The van der Waals surface area contributed by atoms with Crippen molar-refractivity contribution in [1.82, 2.24) is 4.90 Å². The number of carbonyl (C=O) groups is 1. The van der Waals surface area contributed by atoms with Crippen molar-refractivity contribution in [3.05, 3.63) is 71.8 Å². The Balaban J connectivity index is 1.68. The second-order valence-electron chi connectivity index (χ2n) is 6.01. The van der Waals surface area contributed by atoms with E-state index < -0.39 is 6.10 Å². The van der Waals surface area contributed by atoms with Crippen LogP contribution in [-0.2, 0) is 22.6 Å². The van der Waals surface area contributed by atoms with E-state index >= 15 is 0 Å². The number of carbonyl (C=O) groups excluding carboxylic acids is 1. The van der Waals surface area contributed by atoms with Gasteiger partial charge in [0.25, 0.3) is 5.91 Å². The first-order valence-corrected chi connectivity index (χ1v) is 8.31. The van der Waals surface area contributed by atoms with E-state index in [1.54, 1.807) is 0 Å². The third kappa shape index (κ3) is 4.42. The third-order valence-corrected chi connectivity index (χ3v) is 4.25. The molecule has 0 aliphatic carbocycles. The Hall–Kier alpha value is -2.13. The molecule has 0 spiro atoms. The average molecular weight is 309 g/mol. The fourth-order valence-corrected chi connectivity index (χ4v) is 2.96. The van der Waals surface area contributed by atoms with Gasteiger partial charge in [0.2, 0.25) is 0 Å². The molecule has 0 aromatic heterocycles. The zero-order valence-electron chi connectivity index (χ0n) is 13.4. The van der Waals surface area contributed by atoms with Crippen molar-refractivity contribution in [2.45, 2.75) is 32.0 Å². The minimum absolute atomic E-state index is 0.127. The van der Waals surface area contributed by atoms with Gasteiger partial charge in [-0.1, -0.05) is 60.7 Å². The molecule has 3 heteroatoms. The lowest BCUT2D eigenvalue weighted by molar-refractivity contribution is -0.143. The summed E-state index contributed by atoms with van der Waals surface area (Å²) in [7, 11) is 0. The van der Waals surface area contributed by atoms with Crippen LogP contribution < -0.4 is 0 Å². The third-order valence-electron chi connectivity index (χ3n) is 4.25. The SMILES string of the molecule is O=C([C@H](Cc1ccccc1)OCc1ccccc1)N1CCCC1. The molecule has 0 saturated carbocycles. The molecule has 3 nitrogen and oxygen atoms in total. The molecule has 0 bridgehead atoms. The summed E-state index contributed by atoms with van der Waals surface area (Å²) in [6.07, 6.45) is 2.42. The summed E-state index contributed by atoms with van der Waals surface area (Å²) in [6.45, 7) is 2.19. The summed E-state index contributed by atoms with van der Waals surface area (Å²) in [5.41, 5.74) is 2.23. The summed E-state index contributed by atoms with van der Waals surface area (Å²) in [5, 5.41) is 0. The van der Waals surface area contributed by atoms with Crippen molar-refractivity contribution in [3.8, 4) is 0 Å². The topological polar surface area (TPSA) is 29.5 Å². The van der Waals surface area contributed by atoms with E-state index in [-0.39, 0.29) is 5.91 Å². The lowest BCUT2D eigenvalue weighted by Crippen LogP contribution is -2.39. The van der Waals surface area contributed by atoms with Crippen LogP contribution in [0.4, 0.5) is 0 Å². The van der Waals surface area contributed by atoms with Gasteiger partial charge in [0, 0.05) is 19.5 Å². The van der Waals surface area contributed by atoms with Crippen molar-refractivity contribution >= 4 is 5.91 Å². The molecule has 1 amide bonds. The molecular weight excluding hydrogens is 286 g/mol. The fraction of sp³-hybridized carbons (Fsp3) is 0.350. The molecule has 23 heavy (non-hydrogen) atoms. The molecule has 1 heterocycles. The van der Waals surface area contributed by atoms with Gasteiger partial charge < -0.3 is 9.64 Å². The maximum absolute atomic E-state index is 12.8. The molecule has 120 valence electrons. The first-order valence-electron chi connectivity index (χ1n) is 8.31. The normalized spacial score (nSPS) is 15.6. The van der Waals surface area contributed by atoms with Crippen molar-refractivity contribution < 1.29 is 9.53 Å². The molecule has 0 radical (unpaired) electrons. The first-order chi connectivity index (χ1) is 11.3. The number of amides is 1. The molecule has 2 aromatic rings. The van der Waals surface area contributed by atoms with Gasteiger partial charge in [0.15, 0.2) is 0 Å². The molecular formula is C20H23NO2. The van der Waals surface area contributed by atoms with E-state index in [2.05, 4.69) is 12.1 Å². The van der Waals surface area contributed by atoms with Crippen LogP contribution in [0.3, 0.4) is 0 Å². The minimum atomic E-state index is -0.407. The molecule has 0 unspecified atom stereocenters. The zero-order valence-corrected chi connectivity index (χ0v) is 13.4. The molecule has 2 aromatic carbocycles. The Bertz CT molecular complexity index is 606. The fourth-order valence-electron chi connectivity index (χ4n) is 2.96. The smallest absolute Gasteiger partial charge is 0.252 e. The van der Waals surface area contributed by atoms with Crippen LogP contribution in [0.1, 0.15) is 24.0 Å². The van der Waals surface area contributed by atoms with E-state index in [9.17, 15) is 4.79 Å². The van der Waals surface area contributed by atoms with Crippen LogP contribution in [0, 0.1) is 0 Å². The molecule has 1 fully saturated rings. The largest absolute Gasteiger partial charge is 0.363 e. The van der Waals surface area contributed by atoms with Crippen molar-refractivity contribution in [1.29, 1.82) is 0 Å². The summed E-state index contributed by atoms with van der Waals surface area (Å²) in [5.74, 6) is 0.127. The summed E-state index contributed by atoms with van der Waals surface area (Å²) in [4.78, 5) is 14.7. The minimum Gasteiger partial charge on any atom is -0.363 e. The summed E-state index contributed by atoms with van der Waals surface area (Å²) in [6, 6.07) is 20.1. The standard InChI is InChI=1S/C20H23NO2/c22-20(21-13-7-8-14-21)19(15-17-9-3-1-4-10-17)23-16-18-11-5-2-6-12-18/h1-6,9-12,19H,7-8,13-16H2/t19-/m0/s1. The maximum Gasteiger partial charge on any atom is 0.252 e. The average Bonchev–Trinajstić information content (AvgIpc) is 3.14. The van der Waals surface area contributed by atoms with Gasteiger partial charge in [-0.3, -0.25) is 4.79 Å². The predicted molar refractivity (Wildman–Crippen MR) is 91.0 cm³/mol. The van der Waals surface area contributed by atoms with Crippen LogP contribution in [0.5, 0.6) is 0 Å². The van der Waals surface area contributed by atoms with Gasteiger partial charge in [-0.15, -0.1) is 0 Å². The predicted octanol–water partition coefficient (Wildman–Crippen LogP) is 3.44. The number of likely N-dealkylation sites (tertiary alicyclic amines) is 1. The number of hydrogen-bond donors (Lipinski definition) is 0. The first kappa shape index (κ1) is 15.8. The van der Waals surface area contributed by atoms with Crippen LogP contribution in [0.2, 0.25) is 0 Å². The van der Waals surface area contributed by atoms with Gasteiger partial charge in [0.05, 0.1) is 6.61 Å². The van der Waals surface area contributed by atoms with Crippen molar-refractivity contribution in [2.24, 2.45) is 0 Å². The molecule has 1 atom stereocenters. The highest BCUT2D eigenvalue weighted by Gasteiger charge is 2.27. The van der Waals surface area contributed by atoms with Gasteiger partial charge in [-0.25, -0.2) is 0 Å². The summed E-state index contributed by atoms with van der Waals surface area (Å²) >= 11 is 0. The Morgan fingerprint density at radius 1 is 0.913 bits per heavy atom. The monoisotopic (exact) mass is 309 g/mol. The number of nitrogens with zero attached hydrogens (tertiary/aromatic N) is 1. The molecule has 0 N–H and O–H groups in total. The van der Waals surface area contributed by atoms with E-state index in [0.29, 0.717) is 13.0 Å².